The first-order valence-corrected chi connectivity index (χ1v) is 11.4. The van der Waals surface area contributed by atoms with Crippen LogP contribution in [0.25, 0.3) is 0 Å². The minimum atomic E-state index is -4.55. The van der Waals surface area contributed by atoms with E-state index in [0.717, 1.165) is 6.92 Å². The topological polar surface area (TPSA) is 55.8 Å². The van der Waals surface area contributed by atoms with Crippen LogP contribution in [0.1, 0.15) is 59.3 Å². The summed E-state index contributed by atoms with van der Waals surface area (Å²) in [4.78, 5) is 11.2. The number of alkyl halides is 4. The highest BCUT2D eigenvalue weighted by Gasteiger charge is 2.55. The summed E-state index contributed by atoms with van der Waals surface area (Å²) >= 11 is 0. The molecule has 8 heteroatoms. The molecule has 1 heterocycles. The Hall–Kier alpha value is -1.41. The second kappa shape index (κ2) is 11.1. The molecule has 1 saturated heterocycles. The van der Waals surface area contributed by atoms with Crippen molar-refractivity contribution in [2.75, 3.05) is 7.11 Å². The van der Waals surface area contributed by atoms with Crippen LogP contribution in [0.4, 0.5) is 17.6 Å². The van der Waals surface area contributed by atoms with Crippen LogP contribution in [0.5, 0.6) is 0 Å². The van der Waals surface area contributed by atoms with Crippen molar-refractivity contribution >= 4 is 5.97 Å². The fraction of sp³-hybridized carbons (Fsp3) is 0.792. The van der Waals surface area contributed by atoms with Crippen molar-refractivity contribution < 1.29 is 36.9 Å². The van der Waals surface area contributed by atoms with Gasteiger partial charge in [0, 0.05) is 12.3 Å². The molecular formula is C24H36F4O4. The predicted molar refractivity (Wildman–Crippen MR) is 114 cm³/mol. The van der Waals surface area contributed by atoms with Gasteiger partial charge < -0.3 is 14.6 Å². The number of hydrogen-bond acceptors (Lipinski definition) is 4. The van der Waals surface area contributed by atoms with E-state index in [4.69, 9.17) is 4.74 Å². The van der Waals surface area contributed by atoms with Crippen LogP contribution in [-0.4, -0.2) is 48.8 Å². The molecule has 2 aliphatic rings. The lowest BCUT2D eigenvalue weighted by atomic mass is 9.77. The summed E-state index contributed by atoms with van der Waals surface area (Å²) in [6.45, 7) is 4.78. The average Bonchev–Trinajstić information content (AvgIpc) is 3.20. The van der Waals surface area contributed by atoms with Crippen LogP contribution < -0.4 is 0 Å². The maximum atomic E-state index is 15.2. The molecule has 0 radical (unpaired) electrons. The minimum Gasteiger partial charge on any atom is -0.469 e. The number of hydrogen-bond donors (Lipinski definition) is 1. The molecule has 1 saturated carbocycles. The molecule has 184 valence electrons. The molecule has 2 unspecified atom stereocenters. The highest BCUT2D eigenvalue weighted by atomic mass is 19.4. The molecule has 0 amide bonds. The SMILES string of the molecule is CCCCC(C)([C@H](O)/C=C/[C@@H]1[C@H]2C(F)[C@@H](/C=C/CCC(=O)OC)O[C@@H]2C[C@H]1C)C(F)(F)F. The number of aliphatic hydroxyl groups excluding tert-OH is 1. The van der Waals surface area contributed by atoms with Gasteiger partial charge in [0.15, 0.2) is 0 Å². The Morgan fingerprint density at radius 1 is 1.31 bits per heavy atom. The van der Waals surface area contributed by atoms with E-state index >= 15 is 4.39 Å². The van der Waals surface area contributed by atoms with Crippen LogP contribution in [0.15, 0.2) is 24.3 Å². The molecule has 2 rings (SSSR count). The van der Waals surface area contributed by atoms with Crippen molar-refractivity contribution in [2.24, 2.45) is 23.2 Å². The van der Waals surface area contributed by atoms with E-state index < -0.39 is 35.9 Å². The molecule has 8 atom stereocenters. The van der Waals surface area contributed by atoms with Gasteiger partial charge in [-0.1, -0.05) is 51.0 Å². The molecule has 1 aliphatic heterocycles. The fourth-order valence-electron chi connectivity index (χ4n) is 4.82. The van der Waals surface area contributed by atoms with Crippen molar-refractivity contribution in [1.82, 2.24) is 0 Å². The highest BCUT2D eigenvalue weighted by molar-refractivity contribution is 5.69. The lowest BCUT2D eigenvalue weighted by Gasteiger charge is -2.35. The Morgan fingerprint density at radius 2 is 2.00 bits per heavy atom. The number of allylic oxidation sites excluding steroid dienone is 2. The van der Waals surface area contributed by atoms with Gasteiger partial charge in [0.05, 0.1) is 24.7 Å². The number of carbonyl (C=O) groups is 1. The first-order valence-electron chi connectivity index (χ1n) is 11.4. The van der Waals surface area contributed by atoms with E-state index in [-0.39, 0.29) is 36.8 Å². The Labute approximate surface area is 188 Å². The second-order valence-corrected chi connectivity index (χ2v) is 9.34. The number of halogens is 4. The standard InChI is InChI=1S/C24H36F4O4/c1-5-6-13-23(3,24(26,27)28)19(29)12-11-16-15(2)14-18-21(16)22(25)17(32-18)9-7-8-10-20(30)31-4/h7,9,11-12,15-19,21-22,29H,5-6,8,10,13-14H2,1-4H3/b9-7+,12-11+/t15-,16+,17-,18-,19-,21-,22?,23?/m1/s1. The summed E-state index contributed by atoms with van der Waals surface area (Å²) in [5.74, 6) is -1.11. The molecule has 0 spiro atoms. The Bertz CT molecular complexity index is 677. The van der Waals surface area contributed by atoms with E-state index in [0.29, 0.717) is 25.7 Å². The van der Waals surface area contributed by atoms with E-state index in [9.17, 15) is 23.1 Å². The molecular weight excluding hydrogens is 428 g/mol. The van der Waals surface area contributed by atoms with Crippen LogP contribution in [-0.2, 0) is 14.3 Å². The Balaban J connectivity index is 2.07. The van der Waals surface area contributed by atoms with Crippen molar-refractivity contribution in [3.8, 4) is 0 Å². The van der Waals surface area contributed by atoms with Gasteiger partial charge in [-0.25, -0.2) is 4.39 Å². The normalized spacial score (nSPS) is 33.5. The van der Waals surface area contributed by atoms with Crippen molar-refractivity contribution in [3.63, 3.8) is 0 Å². The third-order valence-corrected chi connectivity index (χ3v) is 7.08. The Morgan fingerprint density at radius 3 is 2.59 bits per heavy atom. The van der Waals surface area contributed by atoms with Crippen LogP contribution in [0.3, 0.4) is 0 Å². The number of ether oxygens (including phenoxy) is 2. The van der Waals surface area contributed by atoms with Gasteiger partial charge in [-0.3, -0.25) is 4.79 Å². The van der Waals surface area contributed by atoms with Crippen LogP contribution >= 0.6 is 0 Å². The van der Waals surface area contributed by atoms with Gasteiger partial charge in [-0.05, 0) is 38.0 Å². The second-order valence-electron chi connectivity index (χ2n) is 9.34. The van der Waals surface area contributed by atoms with E-state index in [1.807, 2.05) is 6.92 Å². The third kappa shape index (κ3) is 5.93. The summed E-state index contributed by atoms with van der Waals surface area (Å²) in [5, 5.41) is 10.5. The number of carbonyl (C=O) groups excluding carboxylic acids is 1. The summed E-state index contributed by atoms with van der Waals surface area (Å²) in [5.41, 5.74) is -2.24. The molecule has 1 aliphatic carbocycles. The molecule has 0 bridgehead atoms. The monoisotopic (exact) mass is 464 g/mol. The minimum absolute atomic E-state index is 0.0312. The quantitative estimate of drug-likeness (QED) is 0.262. The van der Waals surface area contributed by atoms with Gasteiger partial charge in [0.2, 0.25) is 0 Å². The molecule has 4 nitrogen and oxygen atoms in total. The zero-order valence-electron chi connectivity index (χ0n) is 19.3. The van der Waals surface area contributed by atoms with Crippen molar-refractivity contribution in [1.29, 1.82) is 0 Å². The maximum absolute atomic E-state index is 15.2. The van der Waals surface area contributed by atoms with Crippen LogP contribution in [0.2, 0.25) is 0 Å². The zero-order valence-corrected chi connectivity index (χ0v) is 19.3. The molecule has 32 heavy (non-hydrogen) atoms. The van der Waals surface area contributed by atoms with Gasteiger partial charge in [-0.2, -0.15) is 13.2 Å². The highest BCUT2D eigenvalue weighted by Crippen LogP contribution is 2.50. The van der Waals surface area contributed by atoms with Crippen molar-refractivity contribution in [2.45, 2.75) is 90.0 Å². The smallest absolute Gasteiger partial charge is 0.397 e. The first kappa shape index (κ1) is 26.8. The molecule has 0 aromatic heterocycles. The lowest BCUT2D eigenvalue weighted by Crippen LogP contribution is -2.44. The first-order chi connectivity index (χ1) is 15.0. The molecule has 1 N–H and O–H groups in total. The summed E-state index contributed by atoms with van der Waals surface area (Å²) in [6, 6.07) is 0. The Kier molecular flexibility index (Phi) is 9.35. The van der Waals surface area contributed by atoms with Gasteiger partial charge in [-0.15, -0.1) is 0 Å². The molecule has 2 fully saturated rings. The number of methoxy groups -OCH3 is 1. The third-order valence-electron chi connectivity index (χ3n) is 7.08. The maximum Gasteiger partial charge on any atom is 0.397 e. The van der Waals surface area contributed by atoms with E-state index in [2.05, 4.69) is 4.74 Å². The van der Waals surface area contributed by atoms with Crippen molar-refractivity contribution in [3.05, 3.63) is 24.3 Å². The fourth-order valence-corrected chi connectivity index (χ4v) is 4.82. The lowest BCUT2D eigenvalue weighted by molar-refractivity contribution is -0.244. The van der Waals surface area contributed by atoms with Gasteiger partial charge >= 0.3 is 12.1 Å². The summed E-state index contributed by atoms with van der Waals surface area (Å²) in [6.07, 6.45) is -0.554. The largest absolute Gasteiger partial charge is 0.469 e. The van der Waals surface area contributed by atoms with Crippen LogP contribution in [0, 0.1) is 23.2 Å². The zero-order chi connectivity index (χ0) is 24.1. The number of unbranched alkanes of at least 4 members (excludes halogenated alkanes) is 1. The average molecular weight is 465 g/mol. The summed E-state index contributed by atoms with van der Waals surface area (Å²) in [7, 11) is 1.30. The van der Waals surface area contributed by atoms with Gasteiger partial charge in [0.25, 0.3) is 0 Å². The van der Waals surface area contributed by atoms with E-state index in [1.165, 1.54) is 13.2 Å². The number of fused-ring (bicyclic) bond motifs is 1. The predicted octanol–water partition coefficient (Wildman–Crippen LogP) is 5.55. The van der Waals surface area contributed by atoms with Gasteiger partial charge in [0.1, 0.15) is 12.3 Å². The number of aliphatic hydroxyl groups is 1. The van der Waals surface area contributed by atoms with E-state index in [1.54, 1.807) is 25.2 Å². The molecule has 0 aromatic carbocycles. The molecule has 0 aromatic rings. The summed E-state index contributed by atoms with van der Waals surface area (Å²) < 4.78 is 66.7. The number of rotatable bonds is 10. The number of esters is 1.